The maximum absolute atomic E-state index is 5.69. The molecule has 1 fully saturated rings. The molecule has 160 valence electrons. The summed E-state index contributed by atoms with van der Waals surface area (Å²) in [6.07, 6.45) is 3.54. The van der Waals surface area contributed by atoms with Crippen molar-refractivity contribution in [2.24, 2.45) is 10.9 Å². The molecule has 0 bridgehead atoms. The number of hydrogen-bond donors (Lipinski definition) is 3. The van der Waals surface area contributed by atoms with Gasteiger partial charge in [-0.25, -0.2) is 0 Å². The van der Waals surface area contributed by atoms with Crippen LogP contribution < -0.4 is 16.0 Å². The molecule has 0 aromatic heterocycles. The van der Waals surface area contributed by atoms with Crippen molar-refractivity contribution in [2.45, 2.75) is 45.3 Å². The summed E-state index contributed by atoms with van der Waals surface area (Å²) in [5, 5.41) is 10.4. The van der Waals surface area contributed by atoms with E-state index in [-0.39, 0.29) is 24.0 Å². The third-order valence-electron chi connectivity index (χ3n) is 4.73. The standard InChI is InChI=1S/C21H36N4O2.HI/c1-17(2)20(25-18-9-5-4-6-10-18)15-24-21(22-3)23-12-8-13-26-16-19-11-7-14-27-19;/h4-6,9-10,17,19-20,25H,7-8,11-16H2,1-3H3,(H2,22,23,24);1H. The average molecular weight is 504 g/mol. The smallest absolute Gasteiger partial charge is 0.191 e. The minimum absolute atomic E-state index is 0. The molecule has 1 saturated heterocycles. The number of hydrogen-bond acceptors (Lipinski definition) is 4. The summed E-state index contributed by atoms with van der Waals surface area (Å²) in [6.45, 7) is 8.44. The van der Waals surface area contributed by atoms with E-state index in [1.54, 1.807) is 7.05 Å². The molecule has 2 unspecified atom stereocenters. The van der Waals surface area contributed by atoms with Crippen molar-refractivity contribution >= 4 is 35.6 Å². The van der Waals surface area contributed by atoms with Crippen LogP contribution in [-0.2, 0) is 9.47 Å². The summed E-state index contributed by atoms with van der Waals surface area (Å²) in [7, 11) is 1.80. The molecule has 1 heterocycles. The van der Waals surface area contributed by atoms with E-state index < -0.39 is 0 Å². The van der Waals surface area contributed by atoms with Gasteiger partial charge in [0.25, 0.3) is 0 Å². The minimum atomic E-state index is 0. The predicted octanol–water partition coefficient (Wildman–Crippen LogP) is 3.49. The number of ether oxygens (including phenoxy) is 2. The van der Waals surface area contributed by atoms with E-state index in [4.69, 9.17) is 9.47 Å². The Hall–Kier alpha value is -1.06. The van der Waals surface area contributed by atoms with Gasteiger partial charge in [0.1, 0.15) is 0 Å². The number of rotatable bonds is 11. The first-order chi connectivity index (χ1) is 13.2. The van der Waals surface area contributed by atoms with Crippen molar-refractivity contribution in [3.05, 3.63) is 30.3 Å². The van der Waals surface area contributed by atoms with Gasteiger partial charge in [-0.1, -0.05) is 32.0 Å². The van der Waals surface area contributed by atoms with Gasteiger partial charge >= 0.3 is 0 Å². The highest BCUT2D eigenvalue weighted by Gasteiger charge is 2.15. The van der Waals surface area contributed by atoms with Crippen molar-refractivity contribution in [1.29, 1.82) is 0 Å². The highest BCUT2D eigenvalue weighted by molar-refractivity contribution is 14.0. The Morgan fingerprint density at radius 3 is 2.68 bits per heavy atom. The Morgan fingerprint density at radius 2 is 2.04 bits per heavy atom. The van der Waals surface area contributed by atoms with Crippen LogP contribution in [0.25, 0.3) is 0 Å². The maximum Gasteiger partial charge on any atom is 0.191 e. The quantitative estimate of drug-likeness (QED) is 0.186. The summed E-state index contributed by atoms with van der Waals surface area (Å²) < 4.78 is 11.2. The lowest BCUT2D eigenvalue weighted by atomic mass is 10.0. The summed E-state index contributed by atoms with van der Waals surface area (Å²) in [4.78, 5) is 4.31. The number of para-hydroxylation sites is 1. The lowest BCUT2D eigenvalue weighted by Gasteiger charge is -2.25. The van der Waals surface area contributed by atoms with Crippen LogP contribution in [0.15, 0.2) is 35.3 Å². The summed E-state index contributed by atoms with van der Waals surface area (Å²) in [5.41, 5.74) is 1.14. The first-order valence-electron chi connectivity index (χ1n) is 10.1. The highest BCUT2D eigenvalue weighted by atomic mass is 127. The highest BCUT2D eigenvalue weighted by Crippen LogP contribution is 2.12. The van der Waals surface area contributed by atoms with Gasteiger partial charge in [0, 0.05) is 45.1 Å². The van der Waals surface area contributed by atoms with Gasteiger partial charge in [-0.2, -0.15) is 0 Å². The SMILES string of the molecule is CN=C(NCCCOCC1CCCO1)NCC(Nc1ccccc1)C(C)C.I. The fraction of sp³-hybridized carbons (Fsp3) is 0.667. The zero-order chi connectivity index (χ0) is 19.3. The first-order valence-corrected chi connectivity index (χ1v) is 10.1. The fourth-order valence-corrected chi connectivity index (χ4v) is 3.00. The molecular weight excluding hydrogens is 467 g/mol. The van der Waals surface area contributed by atoms with Crippen LogP contribution in [0.2, 0.25) is 0 Å². The van der Waals surface area contributed by atoms with Crippen LogP contribution in [0.3, 0.4) is 0 Å². The van der Waals surface area contributed by atoms with E-state index >= 15 is 0 Å². The first kappa shape index (κ1) is 25.0. The normalized spacial score (nSPS) is 17.9. The molecule has 2 rings (SSSR count). The Bertz CT molecular complexity index is 536. The van der Waals surface area contributed by atoms with Crippen LogP contribution in [-0.4, -0.2) is 58.1 Å². The second-order valence-electron chi connectivity index (χ2n) is 7.30. The summed E-state index contributed by atoms with van der Waals surface area (Å²) in [5.74, 6) is 1.33. The number of guanidine groups is 1. The third-order valence-corrected chi connectivity index (χ3v) is 4.73. The van der Waals surface area contributed by atoms with Crippen LogP contribution in [0.1, 0.15) is 33.1 Å². The lowest BCUT2D eigenvalue weighted by molar-refractivity contribution is 0.0168. The zero-order valence-corrected chi connectivity index (χ0v) is 19.8. The Morgan fingerprint density at radius 1 is 1.25 bits per heavy atom. The molecule has 7 heteroatoms. The van der Waals surface area contributed by atoms with Crippen LogP contribution >= 0.6 is 24.0 Å². The molecular formula is C21H37IN4O2. The van der Waals surface area contributed by atoms with Gasteiger partial charge in [-0.05, 0) is 37.3 Å². The molecule has 1 aliphatic rings. The number of nitrogens with zero attached hydrogens (tertiary/aromatic N) is 1. The van der Waals surface area contributed by atoms with Gasteiger partial charge in [-0.3, -0.25) is 4.99 Å². The molecule has 28 heavy (non-hydrogen) atoms. The molecule has 1 aliphatic heterocycles. The summed E-state index contributed by atoms with van der Waals surface area (Å²) >= 11 is 0. The Balaban J connectivity index is 0.00000392. The molecule has 6 nitrogen and oxygen atoms in total. The van der Waals surface area contributed by atoms with E-state index in [0.717, 1.165) is 57.2 Å². The van der Waals surface area contributed by atoms with E-state index in [9.17, 15) is 0 Å². The monoisotopic (exact) mass is 504 g/mol. The van der Waals surface area contributed by atoms with Gasteiger partial charge in [-0.15, -0.1) is 24.0 Å². The minimum Gasteiger partial charge on any atom is -0.380 e. The number of nitrogens with one attached hydrogen (secondary N) is 3. The molecule has 0 radical (unpaired) electrons. The van der Waals surface area contributed by atoms with Crippen molar-refractivity contribution in [1.82, 2.24) is 10.6 Å². The molecule has 3 N–H and O–H groups in total. The average Bonchev–Trinajstić information content (AvgIpc) is 3.20. The van der Waals surface area contributed by atoms with E-state index in [1.165, 1.54) is 0 Å². The predicted molar refractivity (Wildman–Crippen MR) is 128 cm³/mol. The van der Waals surface area contributed by atoms with Gasteiger partial charge in [0.2, 0.25) is 0 Å². The second-order valence-corrected chi connectivity index (χ2v) is 7.30. The van der Waals surface area contributed by atoms with Crippen molar-refractivity contribution < 1.29 is 9.47 Å². The lowest BCUT2D eigenvalue weighted by Crippen LogP contribution is -2.45. The number of aliphatic imine (C=N–C) groups is 1. The number of anilines is 1. The second kappa shape index (κ2) is 14.9. The molecule has 0 spiro atoms. The molecule has 0 saturated carbocycles. The Kier molecular flexibility index (Phi) is 13.3. The van der Waals surface area contributed by atoms with Crippen LogP contribution in [0.4, 0.5) is 5.69 Å². The number of halogens is 1. The molecule has 1 aromatic carbocycles. The van der Waals surface area contributed by atoms with Gasteiger partial charge in [0.05, 0.1) is 12.7 Å². The molecule has 1 aromatic rings. The topological polar surface area (TPSA) is 66.9 Å². The van der Waals surface area contributed by atoms with Crippen LogP contribution in [0, 0.1) is 5.92 Å². The van der Waals surface area contributed by atoms with Gasteiger partial charge in [0.15, 0.2) is 5.96 Å². The van der Waals surface area contributed by atoms with E-state index in [2.05, 4.69) is 59.1 Å². The van der Waals surface area contributed by atoms with Gasteiger partial charge < -0.3 is 25.4 Å². The van der Waals surface area contributed by atoms with E-state index in [0.29, 0.717) is 24.7 Å². The number of benzene rings is 1. The largest absolute Gasteiger partial charge is 0.380 e. The molecule has 0 amide bonds. The van der Waals surface area contributed by atoms with Crippen molar-refractivity contribution in [3.8, 4) is 0 Å². The Labute approximate surface area is 187 Å². The van der Waals surface area contributed by atoms with Crippen molar-refractivity contribution in [2.75, 3.05) is 45.3 Å². The maximum atomic E-state index is 5.69. The summed E-state index contributed by atoms with van der Waals surface area (Å²) in [6, 6.07) is 10.6. The third kappa shape index (κ3) is 9.93. The van der Waals surface area contributed by atoms with E-state index in [1.807, 2.05) is 6.07 Å². The molecule has 2 atom stereocenters. The zero-order valence-electron chi connectivity index (χ0n) is 17.4. The van der Waals surface area contributed by atoms with Crippen LogP contribution in [0.5, 0.6) is 0 Å². The fourth-order valence-electron chi connectivity index (χ4n) is 3.00. The molecule has 0 aliphatic carbocycles. The van der Waals surface area contributed by atoms with Crippen molar-refractivity contribution in [3.63, 3.8) is 0 Å².